The second-order valence-corrected chi connectivity index (χ2v) is 9.66. The van der Waals surface area contributed by atoms with Crippen molar-refractivity contribution in [1.82, 2.24) is 4.98 Å². The minimum atomic E-state index is 0.425. The summed E-state index contributed by atoms with van der Waals surface area (Å²) >= 11 is 0. The molecular formula is C31H32N2O2. The monoisotopic (exact) mass is 464 g/mol. The van der Waals surface area contributed by atoms with Gasteiger partial charge in [0, 0.05) is 28.9 Å². The zero-order valence-electron chi connectivity index (χ0n) is 21.3. The van der Waals surface area contributed by atoms with Crippen molar-refractivity contribution < 1.29 is 9.47 Å². The van der Waals surface area contributed by atoms with Gasteiger partial charge < -0.3 is 14.8 Å². The molecule has 0 spiro atoms. The summed E-state index contributed by atoms with van der Waals surface area (Å²) in [5.41, 5.74) is 9.84. The first-order chi connectivity index (χ1) is 16.9. The Balaban J connectivity index is 1.86. The SMILES string of the molecule is COc1c(-c2cccc(C(C)C)c2)c2c3c(c(-c4cccc(C(C)C)c4)cnc3c1OC)NC=C2. The first kappa shape index (κ1) is 23.0. The van der Waals surface area contributed by atoms with Crippen molar-refractivity contribution in [3.05, 3.63) is 77.6 Å². The Morgan fingerprint density at radius 2 is 1.43 bits per heavy atom. The van der Waals surface area contributed by atoms with Crippen LogP contribution in [0.3, 0.4) is 0 Å². The van der Waals surface area contributed by atoms with E-state index in [0.717, 1.165) is 44.4 Å². The fourth-order valence-electron chi connectivity index (χ4n) is 4.95. The molecule has 0 unspecified atom stereocenters. The first-order valence-electron chi connectivity index (χ1n) is 12.2. The van der Waals surface area contributed by atoms with E-state index in [1.807, 2.05) is 12.4 Å². The summed E-state index contributed by atoms with van der Waals surface area (Å²) in [4.78, 5) is 4.92. The molecule has 0 atom stereocenters. The fourth-order valence-corrected chi connectivity index (χ4v) is 4.95. The third-order valence-corrected chi connectivity index (χ3v) is 6.86. The van der Waals surface area contributed by atoms with Gasteiger partial charge in [-0.15, -0.1) is 0 Å². The van der Waals surface area contributed by atoms with E-state index in [-0.39, 0.29) is 0 Å². The van der Waals surface area contributed by atoms with Crippen LogP contribution in [0.25, 0.3) is 39.2 Å². The maximum absolute atomic E-state index is 5.97. The van der Waals surface area contributed by atoms with Crippen LogP contribution >= 0.6 is 0 Å². The number of aromatic nitrogens is 1. The molecule has 1 aromatic heterocycles. The van der Waals surface area contributed by atoms with Gasteiger partial charge in [-0.2, -0.15) is 0 Å². The van der Waals surface area contributed by atoms with E-state index in [9.17, 15) is 0 Å². The highest BCUT2D eigenvalue weighted by Gasteiger charge is 2.27. The number of hydrogen-bond donors (Lipinski definition) is 1. The molecule has 0 aliphatic carbocycles. The number of hydrogen-bond acceptors (Lipinski definition) is 4. The molecule has 0 amide bonds. The van der Waals surface area contributed by atoms with Crippen LogP contribution in [0.15, 0.2) is 60.9 Å². The smallest absolute Gasteiger partial charge is 0.187 e. The molecule has 4 heteroatoms. The summed E-state index contributed by atoms with van der Waals surface area (Å²) < 4.78 is 11.9. The minimum Gasteiger partial charge on any atom is -0.492 e. The van der Waals surface area contributed by atoms with Gasteiger partial charge in [0.1, 0.15) is 5.52 Å². The van der Waals surface area contributed by atoms with Gasteiger partial charge in [-0.25, -0.2) is 0 Å². The van der Waals surface area contributed by atoms with Crippen LogP contribution in [0.1, 0.15) is 56.2 Å². The molecule has 178 valence electrons. The van der Waals surface area contributed by atoms with E-state index < -0.39 is 0 Å². The Morgan fingerprint density at radius 3 is 2.06 bits per heavy atom. The Hall–Kier alpha value is -3.79. The van der Waals surface area contributed by atoms with Crippen molar-refractivity contribution in [3.8, 4) is 33.8 Å². The number of ether oxygens (including phenoxy) is 2. The molecule has 2 heterocycles. The number of benzene rings is 3. The van der Waals surface area contributed by atoms with E-state index in [1.165, 1.54) is 11.1 Å². The van der Waals surface area contributed by atoms with E-state index >= 15 is 0 Å². The summed E-state index contributed by atoms with van der Waals surface area (Å²) in [6.07, 6.45) is 6.06. The number of rotatable bonds is 6. The van der Waals surface area contributed by atoms with Crippen LogP contribution in [-0.4, -0.2) is 19.2 Å². The average Bonchev–Trinajstić information content (AvgIpc) is 2.88. The summed E-state index contributed by atoms with van der Waals surface area (Å²) in [5.74, 6) is 2.23. The van der Waals surface area contributed by atoms with Crippen LogP contribution < -0.4 is 14.8 Å². The molecule has 1 N–H and O–H groups in total. The highest BCUT2D eigenvalue weighted by molar-refractivity contribution is 6.13. The topological polar surface area (TPSA) is 43.4 Å². The van der Waals surface area contributed by atoms with Crippen LogP contribution in [0.4, 0.5) is 5.69 Å². The molecule has 1 aliphatic heterocycles. The van der Waals surface area contributed by atoms with E-state index in [1.54, 1.807) is 14.2 Å². The lowest BCUT2D eigenvalue weighted by atomic mass is 9.88. The maximum Gasteiger partial charge on any atom is 0.187 e. The zero-order valence-corrected chi connectivity index (χ0v) is 21.3. The molecule has 0 saturated heterocycles. The standard InChI is InChI=1S/C31H32N2O2/c1-18(2)20-9-7-11-22(15-20)25-17-33-29-27-24(13-14-32-28(25)27)26(30(34-5)31(29)35-6)23-12-8-10-21(16-23)19(3)4/h7-19,32H,1-6H3. The van der Waals surface area contributed by atoms with Crippen LogP contribution in [0.2, 0.25) is 0 Å². The predicted molar refractivity (Wildman–Crippen MR) is 147 cm³/mol. The zero-order chi connectivity index (χ0) is 24.7. The molecule has 3 aromatic carbocycles. The Labute approximate surface area is 207 Å². The van der Waals surface area contributed by atoms with Crippen molar-refractivity contribution in [2.75, 3.05) is 19.5 Å². The van der Waals surface area contributed by atoms with Gasteiger partial charge >= 0.3 is 0 Å². The average molecular weight is 465 g/mol. The lowest BCUT2D eigenvalue weighted by Gasteiger charge is -2.24. The number of methoxy groups -OCH3 is 2. The third kappa shape index (κ3) is 3.83. The third-order valence-electron chi connectivity index (χ3n) is 6.86. The number of nitrogens with one attached hydrogen (secondary N) is 1. The molecule has 1 aliphatic rings. The Kier molecular flexibility index (Phi) is 5.98. The van der Waals surface area contributed by atoms with Gasteiger partial charge in [0.25, 0.3) is 0 Å². The molecule has 0 radical (unpaired) electrons. The molecule has 0 fully saturated rings. The minimum absolute atomic E-state index is 0.425. The molecule has 0 saturated carbocycles. The summed E-state index contributed by atoms with van der Waals surface area (Å²) in [6, 6.07) is 17.4. The van der Waals surface area contributed by atoms with Crippen molar-refractivity contribution >= 4 is 22.7 Å². The lowest BCUT2D eigenvalue weighted by Crippen LogP contribution is -2.05. The van der Waals surface area contributed by atoms with Crippen LogP contribution in [0, 0.1) is 0 Å². The fraction of sp³-hybridized carbons (Fsp3) is 0.258. The first-order valence-corrected chi connectivity index (χ1v) is 12.2. The van der Waals surface area contributed by atoms with Crippen LogP contribution in [-0.2, 0) is 0 Å². The summed E-state index contributed by atoms with van der Waals surface area (Å²) in [6.45, 7) is 8.86. The second-order valence-electron chi connectivity index (χ2n) is 9.66. The van der Waals surface area contributed by atoms with Crippen molar-refractivity contribution in [3.63, 3.8) is 0 Å². The van der Waals surface area contributed by atoms with Crippen molar-refractivity contribution in [1.29, 1.82) is 0 Å². The normalized spacial score (nSPS) is 12.3. The van der Waals surface area contributed by atoms with Gasteiger partial charge in [0.05, 0.1) is 19.9 Å². The lowest BCUT2D eigenvalue weighted by molar-refractivity contribution is 0.359. The van der Waals surface area contributed by atoms with Crippen molar-refractivity contribution in [2.45, 2.75) is 39.5 Å². The molecule has 0 bridgehead atoms. The van der Waals surface area contributed by atoms with Crippen molar-refractivity contribution in [2.24, 2.45) is 0 Å². The molecule has 5 rings (SSSR count). The van der Waals surface area contributed by atoms with E-state index in [2.05, 4.69) is 87.6 Å². The largest absolute Gasteiger partial charge is 0.492 e. The molecule has 35 heavy (non-hydrogen) atoms. The highest BCUT2D eigenvalue weighted by atomic mass is 16.5. The summed E-state index contributed by atoms with van der Waals surface area (Å²) in [7, 11) is 3.38. The van der Waals surface area contributed by atoms with Gasteiger partial charge in [-0.05, 0) is 45.7 Å². The molecule has 4 nitrogen and oxygen atoms in total. The predicted octanol–water partition coefficient (Wildman–Crippen LogP) is 8.23. The number of pyridine rings is 1. The van der Waals surface area contributed by atoms with E-state index in [4.69, 9.17) is 14.5 Å². The molecular weight excluding hydrogens is 432 g/mol. The number of nitrogens with zero attached hydrogens (tertiary/aromatic N) is 1. The summed E-state index contributed by atoms with van der Waals surface area (Å²) in [5, 5.41) is 4.57. The number of anilines is 1. The van der Waals surface area contributed by atoms with Gasteiger partial charge in [0.2, 0.25) is 0 Å². The Bertz CT molecular complexity index is 1450. The molecule has 4 aromatic rings. The quantitative estimate of drug-likeness (QED) is 0.312. The second kappa shape index (κ2) is 9.10. The maximum atomic E-state index is 5.97. The highest BCUT2D eigenvalue weighted by Crippen LogP contribution is 2.51. The van der Waals surface area contributed by atoms with Gasteiger partial charge in [-0.1, -0.05) is 76.2 Å². The van der Waals surface area contributed by atoms with Crippen LogP contribution in [0.5, 0.6) is 11.5 Å². The van der Waals surface area contributed by atoms with Gasteiger partial charge in [0.15, 0.2) is 11.5 Å². The Morgan fingerprint density at radius 1 is 0.800 bits per heavy atom. The van der Waals surface area contributed by atoms with E-state index in [0.29, 0.717) is 23.3 Å². The van der Waals surface area contributed by atoms with Gasteiger partial charge in [-0.3, -0.25) is 4.98 Å².